The van der Waals surface area contributed by atoms with E-state index in [0.717, 1.165) is 18.9 Å². The van der Waals surface area contributed by atoms with Crippen molar-refractivity contribution in [3.63, 3.8) is 0 Å². The summed E-state index contributed by atoms with van der Waals surface area (Å²) in [6, 6.07) is 4.71. The number of nitrogens with zero attached hydrogens (tertiary/aromatic N) is 1. The van der Waals surface area contributed by atoms with Crippen LogP contribution in [-0.4, -0.2) is 41.8 Å². The minimum absolute atomic E-state index is 0.0400. The normalized spacial score (nSPS) is 19.9. The molecular formula is C17H23F3N2O2. The quantitative estimate of drug-likeness (QED) is 0.882. The second-order valence-corrected chi connectivity index (χ2v) is 6.35. The Morgan fingerprint density at radius 1 is 1.42 bits per heavy atom. The van der Waals surface area contributed by atoms with E-state index in [1.54, 1.807) is 17.9 Å². The Morgan fingerprint density at radius 2 is 2.12 bits per heavy atom. The number of hydrogen-bond donors (Lipinski definition) is 2. The predicted octanol–water partition coefficient (Wildman–Crippen LogP) is 3.05. The summed E-state index contributed by atoms with van der Waals surface area (Å²) in [7, 11) is 0. The van der Waals surface area contributed by atoms with E-state index in [9.17, 15) is 23.1 Å². The van der Waals surface area contributed by atoms with Crippen LogP contribution in [0.3, 0.4) is 0 Å². The van der Waals surface area contributed by atoms with Crippen LogP contribution in [0.25, 0.3) is 0 Å². The van der Waals surface area contributed by atoms with Crippen LogP contribution in [0.4, 0.5) is 18.0 Å². The summed E-state index contributed by atoms with van der Waals surface area (Å²) in [5.41, 5.74) is -0.492. The summed E-state index contributed by atoms with van der Waals surface area (Å²) < 4.78 is 39.0. The number of alkyl halides is 3. The van der Waals surface area contributed by atoms with Crippen molar-refractivity contribution in [1.29, 1.82) is 0 Å². The summed E-state index contributed by atoms with van der Waals surface area (Å²) in [4.78, 5) is 13.9. The summed E-state index contributed by atoms with van der Waals surface area (Å²) >= 11 is 0. The molecule has 0 saturated carbocycles. The van der Waals surface area contributed by atoms with Crippen molar-refractivity contribution in [3.05, 3.63) is 35.4 Å². The van der Waals surface area contributed by atoms with Crippen LogP contribution >= 0.6 is 0 Å². The maximum absolute atomic E-state index is 13.0. The molecule has 0 aliphatic carbocycles. The number of nitrogens with one attached hydrogen (secondary N) is 1. The van der Waals surface area contributed by atoms with E-state index in [1.165, 1.54) is 12.1 Å². The van der Waals surface area contributed by atoms with Crippen LogP contribution in [0.5, 0.6) is 0 Å². The average molecular weight is 344 g/mol. The predicted molar refractivity (Wildman–Crippen MR) is 84.5 cm³/mol. The molecule has 1 heterocycles. The number of likely N-dealkylation sites (tertiary alicyclic amines) is 1. The molecule has 0 aromatic heterocycles. The highest BCUT2D eigenvalue weighted by atomic mass is 19.4. The number of urea groups is 1. The standard InChI is InChI=1S/C17H23F3N2O2/c1-12(9-14-6-2-3-7-15(14)17(18,19)20)21-16(24)22-8-4-5-13(10-22)11-23/h2-3,6-7,12-13,23H,4-5,8-11H2,1H3,(H,21,24)/t12-,13-/m1/s1. The molecule has 1 aliphatic heterocycles. The minimum Gasteiger partial charge on any atom is -0.396 e. The van der Waals surface area contributed by atoms with E-state index >= 15 is 0 Å². The molecule has 1 aliphatic rings. The Labute approximate surface area is 139 Å². The number of hydrogen-bond acceptors (Lipinski definition) is 2. The van der Waals surface area contributed by atoms with Gasteiger partial charge in [0.2, 0.25) is 0 Å². The third kappa shape index (κ3) is 4.87. The van der Waals surface area contributed by atoms with E-state index in [0.29, 0.717) is 13.1 Å². The summed E-state index contributed by atoms with van der Waals surface area (Å²) in [5.74, 6) is 0.0748. The number of carbonyl (C=O) groups excluding carboxylic acids is 1. The Hall–Kier alpha value is -1.76. The lowest BCUT2D eigenvalue weighted by Crippen LogP contribution is -2.49. The van der Waals surface area contributed by atoms with E-state index in [-0.39, 0.29) is 30.5 Å². The molecule has 1 saturated heterocycles. The van der Waals surface area contributed by atoms with E-state index in [2.05, 4.69) is 5.32 Å². The minimum atomic E-state index is -4.40. The van der Waals surface area contributed by atoms with Gasteiger partial charge in [-0.25, -0.2) is 4.79 Å². The fourth-order valence-corrected chi connectivity index (χ4v) is 3.06. The zero-order valence-electron chi connectivity index (χ0n) is 13.6. The highest BCUT2D eigenvalue weighted by Gasteiger charge is 2.33. The number of rotatable bonds is 4. The number of carbonyl (C=O) groups is 1. The second-order valence-electron chi connectivity index (χ2n) is 6.35. The lowest BCUT2D eigenvalue weighted by atomic mass is 9.99. The Kier molecular flexibility index (Phi) is 6.10. The molecule has 0 unspecified atom stereocenters. The first kappa shape index (κ1) is 18.6. The molecule has 134 valence electrons. The van der Waals surface area contributed by atoms with Gasteiger partial charge < -0.3 is 15.3 Å². The van der Waals surface area contributed by atoms with Crippen molar-refractivity contribution in [2.24, 2.45) is 5.92 Å². The van der Waals surface area contributed by atoms with Crippen LogP contribution in [0.15, 0.2) is 24.3 Å². The van der Waals surface area contributed by atoms with Gasteiger partial charge in [-0.05, 0) is 43.7 Å². The van der Waals surface area contributed by atoms with Crippen LogP contribution in [0, 0.1) is 5.92 Å². The van der Waals surface area contributed by atoms with Crippen molar-refractivity contribution < 1.29 is 23.1 Å². The zero-order chi connectivity index (χ0) is 17.7. The van der Waals surface area contributed by atoms with Gasteiger partial charge in [0.25, 0.3) is 0 Å². The number of aliphatic hydroxyl groups excluding tert-OH is 1. The first-order valence-corrected chi connectivity index (χ1v) is 8.12. The SMILES string of the molecule is C[C@H](Cc1ccccc1C(F)(F)F)NC(=O)N1CCC[C@@H](CO)C1. The largest absolute Gasteiger partial charge is 0.416 e. The summed E-state index contributed by atoms with van der Waals surface area (Å²) in [6.45, 7) is 2.82. The lowest BCUT2D eigenvalue weighted by molar-refractivity contribution is -0.138. The van der Waals surface area contributed by atoms with Crippen molar-refractivity contribution in [3.8, 4) is 0 Å². The molecular weight excluding hydrogens is 321 g/mol. The molecule has 0 spiro atoms. The van der Waals surface area contributed by atoms with Crippen molar-refractivity contribution in [2.45, 2.75) is 38.4 Å². The molecule has 24 heavy (non-hydrogen) atoms. The van der Waals surface area contributed by atoms with Crippen molar-refractivity contribution >= 4 is 6.03 Å². The third-order valence-corrected chi connectivity index (χ3v) is 4.28. The molecule has 1 aromatic rings. The number of halogens is 3. The van der Waals surface area contributed by atoms with Gasteiger partial charge in [0.1, 0.15) is 0 Å². The number of aliphatic hydroxyl groups is 1. The fraction of sp³-hybridized carbons (Fsp3) is 0.588. The van der Waals surface area contributed by atoms with Gasteiger partial charge in [0.05, 0.1) is 5.56 Å². The number of amides is 2. The molecule has 4 nitrogen and oxygen atoms in total. The van der Waals surface area contributed by atoms with E-state index in [1.807, 2.05) is 0 Å². The smallest absolute Gasteiger partial charge is 0.396 e. The topological polar surface area (TPSA) is 52.6 Å². The van der Waals surface area contributed by atoms with E-state index in [4.69, 9.17) is 0 Å². The maximum atomic E-state index is 13.0. The van der Waals surface area contributed by atoms with Gasteiger partial charge in [-0.1, -0.05) is 18.2 Å². The second kappa shape index (κ2) is 7.88. The molecule has 0 bridgehead atoms. The molecule has 2 atom stereocenters. The van der Waals surface area contributed by atoms with Crippen LogP contribution in [0.2, 0.25) is 0 Å². The molecule has 2 rings (SSSR count). The molecule has 1 aromatic carbocycles. The van der Waals surface area contributed by atoms with Crippen LogP contribution < -0.4 is 5.32 Å². The Bertz CT molecular complexity index is 563. The molecule has 2 N–H and O–H groups in total. The highest BCUT2D eigenvalue weighted by Crippen LogP contribution is 2.32. The van der Waals surface area contributed by atoms with Crippen LogP contribution in [-0.2, 0) is 12.6 Å². The fourth-order valence-electron chi connectivity index (χ4n) is 3.06. The average Bonchev–Trinajstić information content (AvgIpc) is 2.54. The molecule has 0 radical (unpaired) electrons. The van der Waals surface area contributed by atoms with Crippen LogP contribution in [0.1, 0.15) is 30.9 Å². The lowest BCUT2D eigenvalue weighted by Gasteiger charge is -2.32. The van der Waals surface area contributed by atoms with Gasteiger partial charge in [0, 0.05) is 25.7 Å². The van der Waals surface area contributed by atoms with E-state index < -0.39 is 17.8 Å². The zero-order valence-corrected chi connectivity index (χ0v) is 13.6. The van der Waals surface area contributed by atoms with Gasteiger partial charge in [-0.15, -0.1) is 0 Å². The molecule has 1 fully saturated rings. The Balaban J connectivity index is 1.96. The van der Waals surface area contributed by atoms with Gasteiger partial charge in [-0.3, -0.25) is 0 Å². The monoisotopic (exact) mass is 344 g/mol. The van der Waals surface area contributed by atoms with Crippen molar-refractivity contribution in [2.75, 3.05) is 19.7 Å². The van der Waals surface area contributed by atoms with Gasteiger partial charge in [-0.2, -0.15) is 13.2 Å². The summed E-state index contributed by atoms with van der Waals surface area (Å²) in [6.07, 6.45) is -2.58. The summed E-state index contributed by atoms with van der Waals surface area (Å²) in [5, 5.41) is 12.0. The maximum Gasteiger partial charge on any atom is 0.416 e. The molecule has 7 heteroatoms. The first-order chi connectivity index (χ1) is 11.3. The third-order valence-electron chi connectivity index (χ3n) is 4.28. The van der Waals surface area contributed by atoms with Gasteiger partial charge in [0.15, 0.2) is 0 Å². The van der Waals surface area contributed by atoms with Gasteiger partial charge >= 0.3 is 12.2 Å². The first-order valence-electron chi connectivity index (χ1n) is 8.12. The Morgan fingerprint density at radius 3 is 2.79 bits per heavy atom. The number of piperidine rings is 1. The van der Waals surface area contributed by atoms with Crippen molar-refractivity contribution in [1.82, 2.24) is 10.2 Å². The number of benzene rings is 1. The highest BCUT2D eigenvalue weighted by molar-refractivity contribution is 5.74. The molecule has 2 amide bonds.